The van der Waals surface area contributed by atoms with Gasteiger partial charge in [0.05, 0.1) is 30.0 Å². The van der Waals surface area contributed by atoms with Crippen LogP contribution in [0.2, 0.25) is 0 Å². The number of hydrogen-bond donors (Lipinski definition) is 3. The maximum atomic E-state index is 12.2. The minimum absolute atomic E-state index is 0.260. The summed E-state index contributed by atoms with van der Waals surface area (Å²) < 4.78 is 5.09. The number of hydrogen-bond acceptors (Lipinski definition) is 4. The second kappa shape index (κ2) is 8.41. The van der Waals surface area contributed by atoms with Crippen molar-refractivity contribution in [3.05, 3.63) is 18.2 Å². The third kappa shape index (κ3) is 4.86. The van der Waals surface area contributed by atoms with Crippen LogP contribution in [0.15, 0.2) is 12.5 Å². The first-order valence-electron chi connectivity index (χ1n) is 7.02. The van der Waals surface area contributed by atoms with Crippen LogP contribution in [0.3, 0.4) is 0 Å². The molecule has 118 valence electrons. The van der Waals surface area contributed by atoms with Crippen LogP contribution in [0.1, 0.15) is 26.0 Å². The van der Waals surface area contributed by atoms with Gasteiger partial charge in [0.15, 0.2) is 0 Å². The number of carboxylic acid groups (broad SMARTS) is 1. The third-order valence-corrected chi connectivity index (χ3v) is 3.61. The zero-order chi connectivity index (χ0) is 15.8. The molecule has 0 saturated carbocycles. The lowest BCUT2D eigenvalue weighted by molar-refractivity contribution is -0.153. The molecule has 0 fully saturated rings. The number of carbonyl (C=O) groups excluding carboxylic acids is 1. The number of ether oxygens (including phenoxy) is 1. The highest BCUT2D eigenvalue weighted by Crippen LogP contribution is 2.22. The van der Waals surface area contributed by atoms with Crippen LogP contribution >= 0.6 is 0 Å². The number of carboxylic acids is 1. The quantitative estimate of drug-likeness (QED) is 0.626. The van der Waals surface area contributed by atoms with Crippen molar-refractivity contribution in [2.75, 3.05) is 13.7 Å². The number of aromatic amines is 1. The van der Waals surface area contributed by atoms with E-state index in [1.165, 1.54) is 7.11 Å². The van der Waals surface area contributed by atoms with E-state index in [-0.39, 0.29) is 5.91 Å². The largest absolute Gasteiger partial charge is 0.481 e. The molecule has 3 atom stereocenters. The average Bonchev–Trinajstić information content (AvgIpc) is 2.96. The number of carbonyl (C=O) groups is 2. The maximum absolute atomic E-state index is 12.2. The number of rotatable bonds is 9. The Balaban J connectivity index is 2.60. The van der Waals surface area contributed by atoms with Gasteiger partial charge < -0.3 is 20.1 Å². The summed E-state index contributed by atoms with van der Waals surface area (Å²) in [6.07, 6.45) is 3.86. The molecule has 3 unspecified atom stereocenters. The second-order valence-corrected chi connectivity index (χ2v) is 4.92. The summed E-state index contributed by atoms with van der Waals surface area (Å²) in [5.74, 6) is -2.75. The lowest BCUT2D eigenvalue weighted by atomic mass is 9.85. The Morgan fingerprint density at radius 1 is 1.52 bits per heavy atom. The zero-order valence-corrected chi connectivity index (χ0v) is 12.6. The number of H-pyrrole nitrogens is 1. The highest BCUT2D eigenvalue weighted by Gasteiger charge is 2.36. The van der Waals surface area contributed by atoms with Crippen LogP contribution in [-0.4, -0.2) is 46.7 Å². The Morgan fingerprint density at radius 3 is 2.71 bits per heavy atom. The first kappa shape index (κ1) is 17.2. The van der Waals surface area contributed by atoms with E-state index in [1.54, 1.807) is 26.4 Å². The van der Waals surface area contributed by atoms with Gasteiger partial charge in [-0.2, -0.15) is 0 Å². The van der Waals surface area contributed by atoms with Crippen molar-refractivity contribution in [2.24, 2.45) is 11.8 Å². The Kier molecular flexibility index (Phi) is 6.87. The van der Waals surface area contributed by atoms with Crippen LogP contribution in [-0.2, 0) is 20.7 Å². The van der Waals surface area contributed by atoms with E-state index in [0.717, 1.165) is 5.69 Å². The number of amides is 1. The van der Waals surface area contributed by atoms with Crippen LogP contribution < -0.4 is 5.32 Å². The number of methoxy groups -OCH3 is 1. The van der Waals surface area contributed by atoms with Gasteiger partial charge in [0.25, 0.3) is 0 Å². The SMILES string of the molecule is CCC(C(=O)NCCc1c[nH]cn1)C(C(=O)O)C(C)OC. The molecule has 1 aromatic heterocycles. The average molecular weight is 297 g/mol. The summed E-state index contributed by atoms with van der Waals surface area (Å²) in [5.41, 5.74) is 0.850. The van der Waals surface area contributed by atoms with Gasteiger partial charge in [0.2, 0.25) is 5.91 Å². The monoisotopic (exact) mass is 297 g/mol. The molecular weight excluding hydrogens is 274 g/mol. The summed E-state index contributed by atoms with van der Waals surface area (Å²) in [7, 11) is 1.45. The molecule has 21 heavy (non-hydrogen) atoms. The lowest BCUT2D eigenvalue weighted by Crippen LogP contribution is -2.43. The van der Waals surface area contributed by atoms with Gasteiger partial charge in [-0.1, -0.05) is 6.92 Å². The Hall–Kier alpha value is -1.89. The topological polar surface area (TPSA) is 104 Å². The molecule has 3 N–H and O–H groups in total. The Morgan fingerprint density at radius 2 is 2.24 bits per heavy atom. The number of aromatic nitrogens is 2. The zero-order valence-electron chi connectivity index (χ0n) is 12.6. The van der Waals surface area contributed by atoms with E-state index in [2.05, 4.69) is 15.3 Å². The number of nitrogens with one attached hydrogen (secondary N) is 2. The van der Waals surface area contributed by atoms with E-state index >= 15 is 0 Å². The van der Waals surface area contributed by atoms with Gasteiger partial charge in [0, 0.05) is 26.3 Å². The molecule has 0 saturated heterocycles. The Bertz CT molecular complexity index is 447. The first-order valence-corrected chi connectivity index (χ1v) is 7.02. The molecule has 0 aliphatic rings. The molecule has 0 aliphatic carbocycles. The minimum atomic E-state index is -1.02. The van der Waals surface area contributed by atoms with Crippen LogP contribution in [0.25, 0.3) is 0 Å². The third-order valence-electron chi connectivity index (χ3n) is 3.61. The van der Waals surface area contributed by atoms with Crippen molar-refractivity contribution in [1.82, 2.24) is 15.3 Å². The molecule has 1 heterocycles. The number of imidazole rings is 1. The molecule has 7 nitrogen and oxygen atoms in total. The van der Waals surface area contributed by atoms with Crippen molar-refractivity contribution in [3.63, 3.8) is 0 Å². The smallest absolute Gasteiger partial charge is 0.309 e. The maximum Gasteiger partial charge on any atom is 0.309 e. The molecule has 0 aliphatic heterocycles. The van der Waals surface area contributed by atoms with Gasteiger partial charge in [-0.25, -0.2) is 4.98 Å². The van der Waals surface area contributed by atoms with Crippen LogP contribution in [0.5, 0.6) is 0 Å². The predicted octanol–water partition coefficient (Wildman–Crippen LogP) is 0.830. The van der Waals surface area contributed by atoms with Gasteiger partial charge in [-0.15, -0.1) is 0 Å². The van der Waals surface area contributed by atoms with E-state index < -0.39 is 23.9 Å². The molecule has 0 spiro atoms. The van der Waals surface area contributed by atoms with E-state index in [9.17, 15) is 14.7 Å². The fraction of sp³-hybridized carbons (Fsp3) is 0.643. The van der Waals surface area contributed by atoms with Crippen molar-refractivity contribution in [1.29, 1.82) is 0 Å². The summed E-state index contributed by atoms with van der Waals surface area (Å²) in [6, 6.07) is 0. The lowest BCUT2D eigenvalue weighted by Gasteiger charge is -2.26. The van der Waals surface area contributed by atoms with E-state index in [1.807, 2.05) is 0 Å². The van der Waals surface area contributed by atoms with Crippen molar-refractivity contribution in [2.45, 2.75) is 32.8 Å². The van der Waals surface area contributed by atoms with Gasteiger partial charge >= 0.3 is 5.97 Å². The molecule has 0 radical (unpaired) electrons. The number of nitrogens with zero attached hydrogens (tertiary/aromatic N) is 1. The normalized spacial score (nSPS) is 15.2. The summed E-state index contributed by atoms with van der Waals surface area (Å²) in [6.45, 7) is 3.89. The summed E-state index contributed by atoms with van der Waals surface area (Å²) in [5, 5.41) is 12.1. The molecule has 1 amide bonds. The van der Waals surface area contributed by atoms with E-state index in [4.69, 9.17) is 4.74 Å². The van der Waals surface area contributed by atoms with Crippen molar-refractivity contribution >= 4 is 11.9 Å². The first-order chi connectivity index (χ1) is 10.0. The highest BCUT2D eigenvalue weighted by molar-refractivity contribution is 5.85. The van der Waals surface area contributed by atoms with E-state index in [0.29, 0.717) is 19.4 Å². The van der Waals surface area contributed by atoms with Gasteiger partial charge in [-0.05, 0) is 13.3 Å². The molecular formula is C14H23N3O4. The summed E-state index contributed by atoms with van der Waals surface area (Å²) >= 11 is 0. The predicted molar refractivity (Wildman–Crippen MR) is 76.7 cm³/mol. The fourth-order valence-corrected chi connectivity index (χ4v) is 2.32. The molecule has 1 aromatic rings. The standard InChI is InChI=1S/C14H23N3O4/c1-4-11(12(14(19)20)9(2)21-3)13(18)16-6-5-10-7-15-8-17-10/h7-9,11-12H,4-6H2,1-3H3,(H,15,17)(H,16,18)(H,19,20). The Labute approximate surface area is 124 Å². The van der Waals surface area contributed by atoms with Crippen LogP contribution in [0, 0.1) is 11.8 Å². The molecule has 0 bridgehead atoms. The number of aliphatic carboxylic acids is 1. The van der Waals surface area contributed by atoms with Gasteiger partial charge in [0.1, 0.15) is 0 Å². The fourth-order valence-electron chi connectivity index (χ4n) is 2.32. The van der Waals surface area contributed by atoms with Gasteiger partial charge in [-0.3, -0.25) is 9.59 Å². The van der Waals surface area contributed by atoms with Crippen molar-refractivity contribution < 1.29 is 19.4 Å². The molecule has 7 heteroatoms. The second-order valence-electron chi connectivity index (χ2n) is 4.92. The van der Waals surface area contributed by atoms with Crippen molar-refractivity contribution in [3.8, 4) is 0 Å². The summed E-state index contributed by atoms with van der Waals surface area (Å²) in [4.78, 5) is 30.5. The van der Waals surface area contributed by atoms with Crippen LogP contribution in [0.4, 0.5) is 0 Å². The molecule has 1 rings (SSSR count). The minimum Gasteiger partial charge on any atom is -0.481 e. The molecule has 0 aromatic carbocycles. The highest BCUT2D eigenvalue weighted by atomic mass is 16.5.